The molecule has 0 aliphatic heterocycles. The van der Waals surface area contributed by atoms with Crippen LogP contribution in [0.25, 0.3) is 0 Å². The first-order chi connectivity index (χ1) is 10.4. The second kappa shape index (κ2) is 7.71. The van der Waals surface area contributed by atoms with Gasteiger partial charge in [-0.05, 0) is 48.6 Å². The highest BCUT2D eigenvalue weighted by atomic mass is 28.2. The van der Waals surface area contributed by atoms with Crippen LogP contribution in [0, 0.1) is 11.7 Å². The normalized spacial score (nSPS) is 13.3. The summed E-state index contributed by atoms with van der Waals surface area (Å²) in [5.41, 5.74) is 1.34. The van der Waals surface area contributed by atoms with Gasteiger partial charge in [-0.1, -0.05) is 40.7 Å². The summed E-state index contributed by atoms with van der Waals surface area (Å²) >= 11 is 0. The maximum atomic E-state index is 13.8. The van der Waals surface area contributed by atoms with Gasteiger partial charge in [0.15, 0.2) is 9.76 Å². The molecule has 23 heavy (non-hydrogen) atoms. The smallest absolute Gasteiger partial charge is 0.168 e. The molecule has 0 aliphatic carbocycles. The number of hydrogen-bond donors (Lipinski definition) is 0. The molecule has 2 nitrogen and oxygen atoms in total. The molecule has 0 bridgehead atoms. The average Bonchev–Trinajstić information content (AvgIpc) is 2.42. The van der Waals surface area contributed by atoms with Gasteiger partial charge in [0.05, 0.1) is 5.60 Å². The quantitative estimate of drug-likeness (QED) is 0.682. The first-order valence-electron chi connectivity index (χ1n) is 8.38. The summed E-state index contributed by atoms with van der Waals surface area (Å²) in [4.78, 5) is 11.9. The maximum absolute atomic E-state index is 13.8. The fourth-order valence-electron chi connectivity index (χ4n) is 2.35. The van der Waals surface area contributed by atoms with Crippen LogP contribution in [0.15, 0.2) is 18.2 Å². The number of ketones is 1. The van der Waals surface area contributed by atoms with Crippen LogP contribution in [0.1, 0.15) is 66.0 Å². The number of rotatable bonds is 7. The van der Waals surface area contributed by atoms with E-state index in [2.05, 4.69) is 20.8 Å². The van der Waals surface area contributed by atoms with Crippen molar-refractivity contribution in [2.75, 3.05) is 0 Å². The van der Waals surface area contributed by atoms with E-state index in [4.69, 9.17) is 4.43 Å². The number of carbonyl (C=O) groups excluding carboxylic acids is 1. The van der Waals surface area contributed by atoms with Crippen LogP contribution in [0.4, 0.5) is 4.39 Å². The Morgan fingerprint density at radius 3 is 2.35 bits per heavy atom. The number of halogens is 1. The molecule has 0 N–H and O–H groups in total. The van der Waals surface area contributed by atoms with Gasteiger partial charge in [-0.15, -0.1) is 0 Å². The monoisotopic (exact) mass is 338 g/mol. The van der Waals surface area contributed by atoms with Crippen molar-refractivity contribution in [3.63, 3.8) is 0 Å². The summed E-state index contributed by atoms with van der Waals surface area (Å²) in [7, 11) is -0.758. The molecule has 0 saturated carbocycles. The first kappa shape index (κ1) is 20.0. The highest BCUT2D eigenvalue weighted by Crippen LogP contribution is 2.32. The van der Waals surface area contributed by atoms with Crippen molar-refractivity contribution in [1.29, 1.82) is 0 Å². The minimum absolute atomic E-state index is 0.0384. The van der Waals surface area contributed by atoms with Gasteiger partial charge < -0.3 is 4.43 Å². The molecular formula is C19H31FO2Si. The van der Waals surface area contributed by atoms with E-state index >= 15 is 0 Å². The van der Waals surface area contributed by atoms with Gasteiger partial charge in [-0.25, -0.2) is 4.39 Å². The van der Waals surface area contributed by atoms with E-state index in [1.54, 1.807) is 12.1 Å². The van der Waals surface area contributed by atoms with Crippen molar-refractivity contribution in [2.45, 2.75) is 71.9 Å². The topological polar surface area (TPSA) is 26.3 Å². The zero-order chi connectivity index (χ0) is 17.8. The molecule has 0 saturated heterocycles. The second-order valence-electron chi connectivity index (χ2n) is 8.28. The van der Waals surface area contributed by atoms with Crippen molar-refractivity contribution in [2.24, 2.45) is 5.92 Å². The molecule has 1 aromatic carbocycles. The van der Waals surface area contributed by atoms with E-state index < -0.39 is 15.4 Å². The number of carbonyl (C=O) groups is 1. The first-order valence-corrected chi connectivity index (χ1v) is 9.66. The minimum Gasteiger partial charge on any atom is -0.415 e. The van der Waals surface area contributed by atoms with Crippen LogP contribution in [-0.4, -0.2) is 15.5 Å². The van der Waals surface area contributed by atoms with Crippen molar-refractivity contribution >= 4 is 15.5 Å². The zero-order valence-corrected chi connectivity index (χ0v) is 17.0. The van der Waals surface area contributed by atoms with E-state index in [0.29, 0.717) is 12.8 Å². The molecule has 0 radical (unpaired) electrons. The summed E-state index contributed by atoms with van der Waals surface area (Å²) in [6, 6.07) is 4.82. The fraction of sp³-hybridized carbons (Fsp3) is 0.632. The van der Waals surface area contributed by atoms with Crippen LogP contribution in [-0.2, 0) is 21.2 Å². The number of hydrogen-bond acceptors (Lipinski definition) is 2. The van der Waals surface area contributed by atoms with Crippen LogP contribution >= 0.6 is 0 Å². The molecule has 4 heteroatoms. The number of benzene rings is 1. The Bertz CT molecular complexity index is 545. The highest BCUT2D eigenvalue weighted by Gasteiger charge is 2.27. The highest BCUT2D eigenvalue weighted by molar-refractivity contribution is 6.31. The SMILES string of the molecule is CC(C)C(=O)CCc1ccc(F)cc1C(C)(C)O[SiH2]C(C)(C)C. The van der Waals surface area contributed by atoms with E-state index in [0.717, 1.165) is 11.1 Å². The molecule has 0 spiro atoms. The van der Waals surface area contributed by atoms with E-state index in [1.165, 1.54) is 6.07 Å². The molecule has 1 aromatic rings. The Morgan fingerprint density at radius 2 is 1.83 bits per heavy atom. The fourth-order valence-corrected chi connectivity index (χ4v) is 3.30. The van der Waals surface area contributed by atoms with Crippen LogP contribution in [0.2, 0.25) is 5.04 Å². The molecule has 0 heterocycles. The van der Waals surface area contributed by atoms with E-state index in [9.17, 15) is 9.18 Å². The molecular weight excluding hydrogens is 307 g/mol. The summed E-state index contributed by atoms with van der Waals surface area (Å²) in [6.45, 7) is 14.3. The van der Waals surface area contributed by atoms with E-state index in [-0.39, 0.29) is 22.6 Å². The lowest BCUT2D eigenvalue weighted by atomic mass is 9.89. The van der Waals surface area contributed by atoms with Gasteiger partial charge in [-0.2, -0.15) is 0 Å². The lowest BCUT2D eigenvalue weighted by molar-refractivity contribution is -0.121. The Balaban J connectivity index is 2.99. The molecule has 0 atom stereocenters. The van der Waals surface area contributed by atoms with Gasteiger partial charge in [0.1, 0.15) is 11.6 Å². The molecule has 0 aliphatic rings. The van der Waals surface area contributed by atoms with Crippen molar-refractivity contribution < 1.29 is 13.6 Å². The Hall–Kier alpha value is -1.00. The molecule has 0 fully saturated rings. The molecule has 0 amide bonds. The van der Waals surface area contributed by atoms with Gasteiger partial charge >= 0.3 is 0 Å². The van der Waals surface area contributed by atoms with Crippen LogP contribution < -0.4 is 0 Å². The van der Waals surface area contributed by atoms with Crippen molar-refractivity contribution in [1.82, 2.24) is 0 Å². The molecule has 130 valence electrons. The summed E-state index contributed by atoms with van der Waals surface area (Å²) in [5, 5.41) is 0.179. The van der Waals surface area contributed by atoms with Gasteiger partial charge in [-0.3, -0.25) is 4.79 Å². The molecule has 0 aromatic heterocycles. The Morgan fingerprint density at radius 1 is 1.22 bits per heavy atom. The standard InChI is InChI=1S/C19H31FO2Si/c1-13(2)17(21)11-9-14-8-10-15(20)12-16(14)19(6,7)22-23-18(3,4)5/h8,10,12-13H,9,11,23H2,1-7H3. The second-order valence-corrected chi connectivity index (χ2v) is 11.0. The lowest BCUT2D eigenvalue weighted by Gasteiger charge is -2.32. The Kier molecular flexibility index (Phi) is 6.72. The van der Waals surface area contributed by atoms with Crippen molar-refractivity contribution in [3.8, 4) is 0 Å². The third-order valence-electron chi connectivity index (χ3n) is 3.87. The number of aryl methyl sites for hydroxylation is 1. The predicted molar refractivity (Wildman–Crippen MR) is 96.9 cm³/mol. The van der Waals surface area contributed by atoms with Crippen LogP contribution in [0.3, 0.4) is 0 Å². The van der Waals surface area contributed by atoms with E-state index in [1.807, 2.05) is 27.7 Å². The molecule has 0 unspecified atom stereocenters. The van der Waals surface area contributed by atoms with Gasteiger partial charge in [0, 0.05) is 12.3 Å². The minimum atomic E-state index is -0.758. The largest absolute Gasteiger partial charge is 0.415 e. The van der Waals surface area contributed by atoms with Crippen LogP contribution in [0.5, 0.6) is 0 Å². The summed E-state index contributed by atoms with van der Waals surface area (Å²) in [5.74, 6) is 0.0209. The maximum Gasteiger partial charge on any atom is 0.168 e. The third-order valence-corrected chi connectivity index (χ3v) is 5.60. The van der Waals surface area contributed by atoms with Gasteiger partial charge in [0.2, 0.25) is 0 Å². The molecule has 1 rings (SSSR count). The summed E-state index contributed by atoms with van der Waals surface area (Å²) in [6.07, 6.45) is 1.12. The van der Waals surface area contributed by atoms with Crippen molar-refractivity contribution in [3.05, 3.63) is 35.1 Å². The third kappa shape index (κ3) is 6.56. The average molecular weight is 339 g/mol. The summed E-state index contributed by atoms with van der Waals surface area (Å²) < 4.78 is 20.0. The lowest BCUT2D eigenvalue weighted by Crippen LogP contribution is -2.29. The Labute approximate surface area is 142 Å². The van der Waals surface area contributed by atoms with Gasteiger partial charge in [0.25, 0.3) is 0 Å². The zero-order valence-electron chi connectivity index (χ0n) is 15.6. The predicted octanol–water partition coefficient (Wildman–Crippen LogP) is 4.54. The number of Topliss-reactive ketones (excluding diaryl/α,β-unsaturated/α-hetero) is 1.